The number of amides is 1. The van der Waals surface area contributed by atoms with E-state index in [2.05, 4.69) is 35.9 Å². The van der Waals surface area contributed by atoms with Crippen LogP contribution in [0.3, 0.4) is 0 Å². The third kappa shape index (κ3) is 4.34. The number of nitrogens with one attached hydrogen (secondary N) is 1. The summed E-state index contributed by atoms with van der Waals surface area (Å²) in [5, 5.41) is 6.95. The predicted molar refractivity (Wildman–Crippen MR) is 139 cm³/mol. The highest BCUT2D eigenvalue weighted by atomic mass is 35.5. The van der Waals surface area contributed by atoms with E-state index < -0.39 is 11.4 Å². The molecule has 5 rings (SSSR count). The molecule has 0 unspecified atom stereocenters. The van der Waals surface area contributed by atoms with Crippen LogP contribution < -0.4 is 4.90 Å². The van der Waals surface area contributed by atoms with E-state index in [0.29, 0.717) is 42.0 Å². The first kappa shape index (κ1) is 24.3. The Kier molecular flexibility index (Phi) is 5.82. The van der Waals surface area contributed by atoms with Gasteiger partial charge in [-0.05, 0) is 37.5 Å². The normalized spacial score (nSPS) is 16.1. The molecular formula is C27H29ClFN5O2. The van der Waals surface area contributed by atoms with Gasteiger partial charge in [0.15, 0.2) is 11.3 Å². The lowest BCUT2D eigenvalue weighted by atomic mass is 9.86. The number of anilines is 1. The van der Waals surface area contributed by atoms with E-state index in [0.717, 1.165) is 11.3 Å². The number of aromatic amines is 1. The summed E-state index contributed by atoms with van der Waals surface area (Å²) in [7, 11) is 0. The van der Waals surface area contributed by atoms with Gasteiger partial charge in [-0.15, -0.1) is 0 Å². The average Bonchev–Trinajstić information content (AvgIpc) is 3.48. The molecule has 1 N–H and O–H groups in total. The van der Waals surface area contributed by atoms with Gasteiger partial charge in [0.25, 0.3) is 5.91 Å². The van der Waals surface area contributed by atoms with Crippen molar-refractivity contribution < 1.29 is 13.6 Å². The van der Waals surface area contributed by atoms with Crippen LogP contribution in [0.15, 0.2) is 47.1 Å². The van der Waals surface area contributed by atoms with E-state index in [1.165, 1.54) is 12.1 Å². The average molecular weight is 510 g/mol. The second-order valence-corrected chi connectivity index (χ2v) is 11.3. The van der Waals surface area contributed by atoms with Crippen molar-refractivity contribution in [2.24, 2.45) is 0 Å². The Labute approximate surface area is 214 Å². The minimum absolute atomic E-state index is 0.0579. The Bertz CT molecular complexity index is 1440. The molecule has 1 saturated heterocycles. The summed E-state index contributed by atoms with van der Waals surface area (Å²) in [6.07, 6.45) is 3.65. The van der Waals surface area contributed by atoms with Crippen molar-refractivity contribution in [1.82, 2.24) is 20.1 Å². The van der Waals surface area contributed by atoms with Gasteiger partial charge >= 0.3 is 0 Å². The number of piperazine rings is 1. The number of nitrogens with zero attached hydrogens (tertiary/aromatic N) is 4. The summed E-state index contributed by atoms with van der Waals surface area (Å²) in [6, 6.07) is 8.22. The first-order valence-corrected chi connectivity index (χ1v) is 12.3. The molecule has 3 aromatic heterocycles. The molecule has 1 aliphatic rings. The number of hydrogen-bond donors (Lipinski definition) is 1. The van der Waals surface area contributed by atoms with E-state index >= 15 is 0 Å². The van der Waals surface area contributed by atoms with Gasteiger partial charge in [-0.3, -0.25) is 9.89 Å². The summed E-state index contributed by atoms with van der Waals surface area (Å²) >= 11 is 5.88. The quantitative estimate of drug-likeness (QED) is 0.364. The molecule has 0 bridgehead atoms. The molecule has 1 aromatic carbocycles. The van der Waals surface area contributed by atoms with Crippen molar-refractivity contribution in [3.05, 3.63) is 64.9 Å². The summed E-state index contributed by atoms with van der Waals surface area (Å²) in [5.74, 6) is -0.440. The number of halogens is 2. The summed E-state index contributed by atoms with van der Waals surface area (Å²) in [5.41, 5.74) is 3.49. The van der Waals surface area contributed by atoms with E-state index in [4.69, 9.17) is 21.0 Å². The van der Waals surface area contributed by atoms with Gasteiger partial charge in [0, 0.05) is 43.0 Å². The molecule has 0 atom stereocenters. The standard InChI is InChI=1S/C27H29ClFN5O2/c1-26(2,3)18-11-21(16-6-7-19(28)20(29)10-16)32-22-12-23(36-24(18)22)25(35)34-9-8-33(15-27(34,4)5)17-13-30-31-14-17/h6-7,10-14H,8-9,15H2,1-5H3,(H,30,31). The molecule has 188 valence electrons. The minimum Gasteiger partial charge on any atom is -0.449 e. The predicted octanol–water partition coefficient (Wildman–Crippen LogP) is 6.05. The van der Waals surface area contributed by atoms with Crippen LogP contribution in [0, 0.1) is 5.82 Å². The second-order valence-electron chi connectivity index (χ2n) is 10.9. The maximum Gasteiger partial charge on any atom is 0.290 e. The fourth-order valence-corrected chi connectivity index (χ4v) is 4.91. The van der Waals surface area contributed by atoms with Crippen molar-refractivity contribution in [2.75, 3.05) is 24.5 Å². The van der Waals surface area contributed by atoms with Gasteiger partial charge in [0.1, 0.15) is 11.3 Å². The largest absolute Gasteiger partial charge is 0.449 e. The highest BCUT2D eigenvalue weighted by Crippen LogP contribution is 2.36. The SMILES string of the molecule is CC(C)(C)c1cc(-c2ccc(Cl)c(F)c2)nc2cc(C(=O)N3CCN(c4cn[nH]c4)CC3(C)C)oc12. The van der Waals surface area contributed by atoms with Gasteiger partial charge in [0.05, 0.1) is 28.1 Å². The Morgan fingerprint density at radius 1 is 1.19 bits per heavy atom. The first-order valence-electron chi connectivity index (χ1n) is 11.9. The topological polar surface area (TPSA) is 78.3 Å². The lowest BCUT2D eigenvalue weighted by Gasteiger charge is -2.47. The first-order chi connectivity index (χ1) is 16.9. The third-order valence-electron chi connectivity index (χ3n) is 6.71. The Hall–Kier alpha value is -3.39. The van der Waals surface area contributed by atoms with Crippen LogP contribution in [0.1, 0.15) is 50.7 Å². The lowest BCUT2D eigenvalue weighted by Crippen LogP contribution is -2.61. The van der Waals surface area contributed by atoms with E-state index in [1.807, 2.05) is 31.0 Å². The molecule has 36 heavy (non-hydrogen) atoms. The zero-order chi connectivity index (χ0) is 25.8. The number of carbonyl (C=O) groups is 1. The van der Waals surface area contributed by atoms with Gasteiger partial charge in [-0.2, -0.15) is 5.10 Å². The lowest BCUT2D eigenvalue weighted by molar-refractivity contribution is 0.0484. The molecule has 4 aromatic rings. The number of furan rings is 1. The van der Waals surface area contributed by atoms with Gasteiger partial charge in [-0.25, -0.2) is 9.37 Å². The molecule has 0 spiro atoms. The molecule has 9 heteroatoms. The van der Waals surface area contributed by atoms with Crippen LogP contribution >= 0.6 is 11.6 Å². The van der Waals surface area contributed by atoms with Crippen molar-refractivity contribution in [2.45, 2.75) is 45.6 Å². The number of rotatable bonds is 3. The number of pyridine rings is 1. The van der Waals surface area contributed by atoms with Gasteiger partial charge in [-0.1, -0.05) is 38.4 Å². The van der Waals surface area contributed by atoms with E-state index in [9.17, 15) is 9.18 Å². The van der Waals surface area contributed by atoms with Gasteiger partial charge < -0.3 is 14.2 Å². The zero-order valence-electron chi connectivity index (χ0n) is 21.0. The van der Waals surface area contributed by atoms with Crippen LogP contribution in [0.5, 0.6) is 0 Å². The summed E-state index contributed by atoms with van der Waals surface area (Å²) < 4.78 is 20.4. The number of fused-ring (bicyclic) bond motifs is 1. The molecule has 1 aliphatic heterocycles. The monoisotopic (exact) mass is 509 g/mol. The van der Waals surface area contributed by atoms with Crippen molar-refractivity contribution in [3.8, 4) is 11.3 Å². The minimum atomic E-state index is -0.506. The van der Waals surface area contributed by atoms with Crippen molar-refractivity contribution in [3.63, 3.8) is 0 Å². The van der Waals surface area contributed by atoms with Crippen LogP contribution in [0.2, 0.25) is 5.02 Å². The molecule has 1 fully saturated rings. The Balaban J connectivity index is 1.52. The van der Waals surface area contributed by atoms with Crippen molar-refractivity contribution in [1.29, 1.82) is 0 Å². The third-order valence-corrected chi connectivity index (χ3v) is 7.02. The van der Waals surface area contributed by atoms with Crippen LogP contribution in [-0.4, -0.2) is 51.2 Å². The number of benzene rings is 1. The van der Waals surface area contributed by atoms with Crippen molar-refractivity contribution >= 4 is 34.3 Å². The number of hydrogen-bond acceptors (Lipinski definition) is 5. The second kappa shape index (κ2) is 8.62. The Morgan fingerprint density at radius 2 is 1.97 bits per heavy atom. The molecule has 1 amide bonds. The summed E-state index contributed by atoms with van der Waals surface area (Å²) in [6.45, 7) is 12.2. The van der Waals surface area contributed by atoms with Crippen LogP contribution in [0.4, 0.5) is 10.1 Å². The molecule has 0 saturated carbocycles. The molecule has 0 aliphatic carbocycles. The molecule has 7 nitrogen and oxygen atoms in total. The molecule has 4 heterocycles. The van der Waals surface area contributed by atoms with Crippen LogP contribution in [0.25, 0.3) is 22.4 Å². The maximum atomic E-state index is 14.2. The highest BCUT2D eigenvalue weighted by Gasteiger charge is 2.39. The Morgan fingerprint density at radius 3 is 2.61 bits per heavy atom. The molecule has 0 radical (unpaired) electrons. The van der Waals surface area contributed by atoms with E-state index in [1.54, 1.807) is 18.3 Å². The van der Waals surface area contributed by atoms with Crippen LogP contribution in [-0.2, 0) is 5.41 Å². The number of H-pyrrole nitrogens is 1. The summed E-state index contributed by atoms with van der Waals surface area (Å²) in [4.78, 5) is 22.5. The fourth-order valence-electron chi connectivity index (χ4n) is 4.79. The molecular weight excluding hydrogens is 481 g/mol. The number of carbonyl (C=O) groups excluding carboxylic acids is 1. The smallest absolute Gasteiger partial charge is 0.290 e. The van der Waals surface area contributed by atoms with E-state index in [-0.39, 0.29) is 22.1 Å². The fraction of sp³-hybridized carbons (Fsp3) is 0.370. The van der Waals surface area contributed by atoms with Gasteiger partial charge in [0.2, 0.25) is 0 Å². The number of aromatic nitrogens is 3. The maximum absolute atomic E-state index is 14.2. The zero-order valence-corrected chi connectivity index (χ0v) is 21.8. The highest BCUT2D eigenvalue weighted by molar-refractivity contribution is 6.30.